The monoisotopic (exact) mass is 208 g/mol. The first-order valence-corrected chi connectivity index (χ1v) is 6.12. The van der Waals surface area contributed by atoms with E-state index in [4.69, 9.17) is 9.42 Å². The lowest BCUT2D eigenvalue weighted by Gasteiger charge is -2.41. The van der Waals surface area contributed by atoms with Crippen LogP contribution in [0.1, 0.15) is 39.0 Å². The highest BCUT2D eigenvalue weighted by Gasteiger charge is 2.43. The number of phosphoric ester groups is 1. The van der Waals surface area contributed by atoms with Crippen LogP contribution in [0.25, 0.3) is 0 Å². The molecule has 4 nitrogen and oxygen atoms in total. The molecule has 0 saturated heterocycles. The fraction of sp³-hybridized carbons (Fsp3) is 1.00. The molecule has 0 aromatic rings. The highest BCUT2D eigenvalue weighted by atomic mass is 31.2. The Balaban J connectivity index is 2.53. The van der Waals surface area contributed by atoms with Crippen LogP contribution in [0.2, 0.25) is 0 Å². The summed E-state index contributed by atoms with van der Waals surface area (Å²) >= 11 is 0. The zero-order valence-corrected chi connectivity index (χ0v) is 9.05. The van der Waals surface area contributed by atoms with E-state index in [-0.39, 0.29) is 5.60 Å². The molecule has 1 aliphatic rings. The molecule has 1 rings (SSSR count). The minimum atomic E-state index is -3.79. The van der Waals surface area contributed by atoms with Crippen molar-refractivity contribution in [3.63, 3.8) is 0 Å². The predicted molar refractivity (Wildman–Crippen MR) is 49.4 cm³/mol. The third kappa shape index (κ3) is 2.78. The minimum Gasteiger partial charge on any atom is -0.302 e. The second-order valence-corrected chi connectivity index (χ2v) is 5.01. The molecule has 0 spiro atoms. The fourth-order valence-electron chi connectivity index (χ4n) is 1.70. The van der Waals surface area contributed by atoms with Gasteiger partial charge in [-0.1, -0.05) is 13.3 Å². The molecular formula is C8H17O4P. The SMILES string of the molecule is CCCC1(OP(=O)(O)OC)CCC1. The Labute approximate surface area is 78.9 Å². The van der Waals surface area contributed by atoms with Crippen LogP contribution < -0.4 is 0 Å². The van der Waals surface area contributed by atoms with Gasteiger partial charge in [0, 0.05) is 7.11 Å². The van der Waals surface area contributed by atoms with Crippen molar-refractivity contribution in [3.05, 3.63) is 0 Å². The van der Waals surface area contributed by atoms with Gasteiger partial charge in [0.2, 0.25) is 0 Å². The first kappa shape index (κ1) is 11.2. The van der Waals surface area contributed by atoms with Crippen LogP contribution in [0.5, 0.6) is 0 Å². The van der Waals surface area contributed by atoms with E-state index in [0.29, 0.717) is 0 Å². The average molecular weight is 208 g/mol. The lowest BCUT2D eigenvalue weighted by Crippen LogP contribution is -2.39. The van der Waals surface area contributed by atoms with E-state index >= 15 is 0 Å². The number of hydrogen-bond donors (Lipinski definition) is 1. The van der Waals surface area contributed by atoms with E-state index < -0.39 is 7.82 Å². The number of phosphoric acid groups is 1. The molecule has 0 aromatic heterocycles. The van der Waals surface area contributed by atoms with Crippen LogP contribution in [0.15, 0.2) is 0 Å². The van der Waals surface area contributed by atoms with Crippen molar-refractivity contribution in [3.8, 4) is 0 Å². The topological polar surface area (TPSA) is 55.8 Å². The van der Waals surface area contributed by atoms with Gasteiger partial charge in [-0.25, -0.2) is 4.57 Å². The zero-order valence-electron chi connectivity index (χ0n) is 8.15. The van der Waals surface area contributed by atoms with Gasteiger partial charge >= 0.3 is 7.82 Å². The second-order valence-electron chi connectivity index (χ2n) is 3.53. The summed E-state index contributed by atoms with van der Waals surface area (Å²) in [6.07, 6.45) is 4.61. The number of hydrogen-bond acceptors (Lipinski definition) is 3. The van der Waals surface area contributed by atoms with E-state index in [9.17, 15) is 4.57 Å². The Morgan fingerprint density at radius 2 is 2.15 bits per heavy atom. The van der Waals surface area contributed by atoms with Gasteiger partial charge in [-0.05, 0) is 25.7 Å². The van der Waals surface area contributed by atoms with Crippen LogP contribution in [0.3, 0.4) is 0 Å². The number of rotatable bonds is 5. The van der Waals surface area contributed by atoms with Gasteiger partial charge in [0.05, 0.1) is 5.60 Å². The van der Waals surface area contributed by atoms with Gasteiger partial charge in [-0.15, -0.1) is 0 Å². The highest BCUT2D eigenvalue weighted by molar-refractivity contribution is 7.47. The minimum absolute atomic E-state index is 0.380. The van der Waals surface area contributed by atoms with E-state index in [1.807, 2.05) is 6.92 Å². The molecule has 1 atom stereocenters. The van der Waals surface area contributed by atoms with E-state index in [0.717, 1.165) is 32.1 Å². The Morgan fingerprint density at radius 3 is 2.46 bits per heavy atom. The molecule has 1 N–H and O–H groups in total. The largest absolute Gasteiger partial charge is 0.472 e. The van der Waals surface area contributed by atoms with Crippen LogP contribution in [-0.2, 0) is 13.6 Å². The molecule has 0 bridgehead atoms. The highest BCUT2D eigenvalue weighted by Crippen LogP contribution is 2.53. The Bertz CT molecular complexity index is 212. The summed E-state index contributed by atoms with van der Waals surface area (Å²) in [6, 6.07) is 0. The molecule has 0 radical (unpaired) electrons. The summed E-state index contributed by atoms with van der Waals surface area (Å²) < 4.78 is 20.7. The van der Waals surface area contributed by atoms with Crippen LogP contribution in [0.4, 0.5) is 0 Å². The molecule has 1 aliphatic carbocycles. The van der Waals surface area contributed by atoms with Crippen molar-refractivity contribution in [2.75, 3.05) is 7.11 Å². The molecule has 5 heteroatoms. The maximum Gasteiger partial charge on any atom is 0.472 e. The fourth-order valence-corrected chi connectivity index (χ4v) is 2.53. The van der Waals surface area contributed by atoms with E-state index in [2.05, 4.69) is 4.52 Å². The first-order chi connectivity index (χ1) is 6.04. The molecular weight excluding hydrogens is 191 g/mol. The summed E-state index contributed by atoms with van der Waals surface area (Å²) in [5, 5.41) is 0. The van der Waals surface area contributed by atoms with Crippen molar-refractivity contribution in [1.82, 2.24) is 0 Å². The quantitative estimate of drug-likeness (QED) is 0.705. The van der Waals surface area contributed by atoms with Gasteiger partial charge < -0.3 is 4.89 Å². The van der Waals surface area contributed by atoms with Gasteiger partial charge in [0.15, 0.2) is 0 Å². The molecule has 13 heavy (non-hydrogen) atoms. The van der Waals surface area contributed by atoms with Crippen LogP contribution in [0, 0.1) is 0 Å². The van der Waals surface area contributed by atoms with Crippen molar-refractivity contribution < 1.29 is 18.5 Å². The van der Waals surface area contributed by atoms with Crippen LogP contribution >= 0.6 is 7.82 Å². The van der Waals surface area contributed by atoms with Gasteiger partial charge in [0.1, 0.15) is 0 Å². The molecule has 0 aromatic carbocycles. The van der Waals surface area contributed by atoms with Crippen LogP contribution in [-0.4, -0.2) is 17.6 Å². The summed E-state index contributed by atoms with van der Waals surface area (Å²) in [7, 11) is -2.60. The predicted octanol–water partition coefficient (Wildman–Crippen LogP) is 2.47. The van der Waals surface area contributed by atoms with Crippen molar-refractivity contribution in [2.45, 2.75) is 44.6 Å². The average Bonchev–Trinajstić information content (AvgIpc) is 2.01. The first-order valence-electron chi connectivity index (χ1n) is 4.63. The smallest absolute Gasteiger partial charge is 0.302 e. The zero-order chi connectivity index (χ0) is 9.95. The Morgan fingerprint density at radius 1 is 1.54 bits per heavy atom. The van der Waals surface area contributed by atoms with Gasteiger partial charge in [-0.3, -0.25) is 9.05 Å². The Kier molecular flexibility index (Phi) is 3.52. The summed E-state index contributed by atoms with van der Waals surface area (Å²) in [6.45, 7) is 2.04. The van der Waals surface area contributed by atoms with E-state index in [1.165, 1.54) is 7.11 Å². The second kappa shape index (κ2) is 4.09. The molecule has 1 fully saturated rings. The lowest BCUT2D eigenvalue weighted by molar-refractivity contribution is -0.0402. The normalized spacial score (nSPS) is 24.8. The van der Waals surface area contributed by atoms with Gasteiger partial charge in [0.25, 0.3) is 0 Å². The van der Waals surface area contributed by atoms with Gasteiger partial charge in [-0.2, -0.15) is 0 Å². The maximum absolute atomic E-state index is 11.2. The lowest BCUT2D eigenvalue weighted by atomic mass is 9.77. The standard InChI is InChI=1S/C8H17O4P/c1-3-5-8(6-4-7-8)12-13(9,10)11-2/h3-7H2,1-2H3,(H,9,10). The maximum atomic E-state index is 11.2. The van der Waals surface area contributed by atoms with Crippen molar-refractivity contribution >= 4 is 7.82 Å². The third-order valence-corrected chi connectivity index (χ3v) is 3.59. The Hall–Kier alpha value is 0.110. The molecule has 0 aliphatic heterocycles. The summed E-state index contributed by atoms with van der Waals surface area (Å²) in [4.78, 5) is 9.16. The molecule has 1 unspecified atom stereocenters. The summed E-state index contributed by atoms with van der Waals surface area (Å²) in [5.74, 6) is 0. The molecule has 1 saturated carbocycles. The molecule has 0 heterocycles. The summed E-state index contributed by atoms with van der Waals surface area (Å²) in [5.41, 5.74) is -0.380. The third-order valence-electron chi connectivity index (χ3n) is 2.51. The molecule has 78 valence electrons. The van der Waals surface area contributed by atoms with Crippen molar-refractivity contribution in [1.29, 1.82) is 0 Å². The van der Waals surface area contributed by atoms with Crippen molar-refractivity contribution in [2.24, 2.45) is 0 Å². The van der Waals surface area contributed by atoms with E-state index in [1.54, 1.807) is 0 Å². The molecule has 0 amide bonds.